The standard InChI is InChI=1S/C14H27NO.2C2H6/c1-3-4-5-6-7-10-15-11-8-14(9-12-15)13(2)16;2*1-2/h14H,3-12H2,1-2H3;2*1-2H3. The summed E-state index contributed by atoms with van der Waals surface area (Å²) in [5.41, 5.74) is 0. The quantitative estimate of drug-likeness (QED) is 0.591. The molecule has 1 heterocycles. The molecule has 0 saturated carbocycles. The molecule has 0 radical (unpaired) electrons. The molecule has 122 valence electrons. The molecule has 1 aliphatic heterocycles. The van der Waals surface area contributed by atoms with Crippen molar-refractivity contribution in [2.75, 3.05) is 19.6 Å². The van der Waals surface area contributed by atoms with Crippen LogP contribution < -0.4 is 0 Å². The molecular formula is C18H39NO. The predicted octanol–water partition coefficient (Wildman–Crippen LogP) is 5.31. The number of carbonyl (C=O) groups excluding carboxylic acids is 1. The van der Waals surface area contributed by atoms with Gasteiger partial charge in [-0.15, -0.1) is 0 Å². The molecule has 1 fully saturated rings. The van der Waals surface area contributed by atoms with Crippen LogP contribution in [0.5, 0.6) is 0 Å². The van der Waals surface area contributed by atoms with Crippen LogP contribution in [0.15, 0.2) is 0 Å². The molecule has 0 aromatic heterocycles. The average Bonchev–Trinajstić information content (AvgIpc) is 2.51. The zero-order valence-corrected chi connectivity index (χ0v) is 15.0. The molecule has 1 rings (SSSR count). The predicted molar refractivity (Wildman–Crippen MR) is 91.3 cm³/mol. The molecule has 0 N–H and O–H groups in total. The second kappa shape index (κ2) is 16.7. The van der Waals surface area contributed by atoms with Crippen LogP contribution in [0.1, 0.15) is 86.5 Å². The van der Waals surface area contributed by atoms with Crippen molar-refractivity contribution in [2.45, 2.75) is 86.5 Å². The van der Waals surface area contributed by atoms with Gasteiger partial charge in [0, 0.05) is 5.92 Å². The van der Waals surface area contributed by atoms with Gasteiger partial charge < -0.3 is 4.90 Å². The number of hydrogen-bond donors (Lipinski definition) is 0. The van der Waals surface area contributed by atoms with Crippen LogP contribution in [0, 0.1) is 5.92 Å². The molecule has 0 amide bonds. The molecule has 0 aromatic carbocycles. The minimum atomic E-state index is 0.358. The monoisotopic (exact) mass is 285 g/mol. The minimum absolute atomic E-state index is 0.358. The molecule has 1 saturated heterocycles. The van der Waals surface area contributed by atoms with E-state index in [4.69, 9.17) is 0 Å². The first-order valence-electron chi connectivity index (χ1n) is 8.97. The van der Waals surface area contributed by atoms with Gasteiger partial charge in [0.05, 0.1) is 0 Å². The van der Waals surface area contributed by atoms with Gasteiger partial charge in [0.25, 0.3) is 0 Å². The number of carbonyl (C=O) groups is 1. The van der Waals surface area contributed by atoms with Crippen LogP contribution in [-0.2, 0) is 4.79 Å². The molecule has 1 aliphatic rings. The fourth-order valence-corrected chi connectivity index (χ4v) is 2.50. The first-order valence-corrected chi connectivity index (χ1v) is 8.97. The SMILES string of the molecule is CC.CC.CCCCCCCN1CCC(C(C)=O)CC1. The Morgan fingerprint density at radius 1 is 0.950 bits per heavy atom. The summed E-state index contributed by atoms with van der Waals surface area (Å²) in [6, 6.07) is 0. The maximum absolute atomic E-state index is 11.2. The fourth-order valence-electron chi connectivity index (χ4n) is 2.50. The van der Waals surface area contributed by atoms with Gasteiger partial charge in [0.2, 0.25) is 0 Å². The Labute approximate surface area is 128 Å². The highest BCUT2D eigenvalue weighted by Crippen LogP contribution is 2.18. The summed E-state index contributed by atoms with van der Waals surface area (Å²) in [6.07, 6.45) is 8.98. The molecule has 0 unspecified atom stereocenters. The second-order valence-corrected chi connectivity index (χ2v) is 5.14. The smallest absolute Gasteiger partial charge is 0.133 e. The van der Waals surface area contributed by atoms with Gasteiger partial charge in [0.15, 0.2) is 0 Å². The third-order valence-electron chi connectivity index (χ3n) is 3.74. The summed E-state index contributed by atoms with van der Waals surface area (Å²) in [7, 11) is 0. The summed E-state index contributed by atoms with van der Waals surface area (Å²) < 4.78 is 0. The zero-order chi connectivity index (χ0) is 15.8. The van der Waals surface area contributed by atoms with Crippen molar-refractivity contribution in [3.05, 3.63) is 0 Å². The zero-order valence-electron chi connectivity index (χ0n) is 15.0. The Balaban J connectivity index is 0. The molecule has 20 heavy (non-hydrogen) atoms. The largest absolute Gasteiger partial charge is 0.303 e. The van der Waals surface area contributed by atoms with E-state index in [1.807, 2.05) is 27.7 Å². The van der Waals surface area contributed by atoms with Crippen LogP contribution in [0.4, 0.5) is 0 Å². The van der Waals surface area contributed by atoms with Crippen LogP contribution in [0.3, 0.4) is 0 Å². The Morgan fingerprint density at radius 2 is 1.45 bits per heavy atom. The lowest BCUT2D eigenvalue weighted by Crippen LogP contribution is -2.36. The Kier molecular flexibility index (Phi) is 18.3. The second-order valence-electron chi connectivity index (χ2n) is 5.14. The van der Waals surface area contributed by atoms with E-state index in [0.717, 1.165) is 25.9 Å². The Hall–Kier alpha value is -0.370. The van der Waals surface area contributed by atoms with Crippen molar-refractivity contribution in [3.63, 3.8) is 0 Å². The Morgan fingerprint density at radius 3 is 1.90 bits per heavy atom. The lowest BCUT2D eigenvalue weighted by Gasteiger charge is -2.30. The van der Waals surface area contributed by atoms with Crippen molar-refractivity contribution < 1.29 is 4.79 Å². The number of piperidine rings is 1. The number of rotatable bonds is 7. The van der Waals surface area contributed by atoms with E-state index in [-0.39, 0.29) is 0 Å². The van der Waals surface area contributed by atoms with E-state index < -0.39 is 0 Å². The molecule has 0 atom stereocenters. The number of likely N-dealkylation sites (tertiary alicyclic amines) is 1. The van der Waals surface area contributed by atoms with Gasteiger partial charge in [-0.25, -0.2) is 0 Å². The lowest BCUT2D eigenvalue weighted by molar-refractivity contribution is -0.122. The Bertz CT molecular complexity index is 196. The summed E-state index contributed by atoms with van der Waals surface area (Å²) in [4.78, 5) is 13.8. The van der Waals surface area contributed by atoms with Gasteiger partial charge in [0.1, 0.15) is 5.78 Å². The molecule has 0 aromatic rings. The van der Waals surface area contributed by atoms with Gasteiger partial charge in [-0.05, 0) is 45.8 Å². The van der Waals surface area contributed by atoms with Crippen LogP contribution in [0.2, 0.25) is 0 Å². The molecule has 0 aliphatic carbocycles. The van der Waals surface area contributed by atoms with Crippen LogP contribution in [-0.4, -0.2) is 30.3 Å². The summed E-state index contributed by atoms with van der Waals surface area (Å²) in [6.45, 7) is 15.5. The van der Waals surface area contributed by atoms with Crippen molar-refractivity contribution in [3.8, 4) is 0 Å². The van der Waals surface area contributed by atoms with E-state index in [1.54, 1.807) is 6.92 Å². The van der Waals surface area contributed by atoms with E-state index in [0.29, 0.717) is 11.7 Å². The number of unbranched alkanes of at least 4 members (excludes halogenated alkanes) is 4. The van der Waals surface area contributed by atoms with Crippen LogP contribution >= 0.6 is 0 Å². The molecule has 2 nitrogen and oxygen atoms in total. The average molecular weight is 286 g/mol. The highest BCUT2D eigenvalue weighted by molar-refractivity contribution is 5.78. The first-order chi connectivity index (χ1) is 9.74. The third kappa shape index (κ3) is 11.5. The van der Waals surface area contributed by atoms with Crippen molar-refractivity contribution in [1.82, 2.24) is 4.90 Å². The highest BCUT2D eigenvalue weighted by atomic mass is 16.1. The third-order valence-corrected chi connectivity index (χ3v) is 3.74. The van der Waals surface area contributed by atoms with Crippen molar-refractivity contribution >= 4 is 5.78 Å². The van der Waals surface area contributed by atoms with E-state index >= 15 is 0 Å². The van der Waals surface area contributed by atoms with E-state index in [2.05, 4.69) is 11.8 Å². The van der Waals surface area contributed by atoms with Crippen molar-refractivity contribution in [1.29, 1.82) is 0 Å². The summed E-state index contributed by atoms with van der Waals surface area (Å²) in [5, 5.41) is 0. The molecule has 0 spiro atoms. The van der Waals surface area contributed by atoms with E-state index in [9.17, 15) is 4.79 Å². The minimum Gasteiger partial charge on any atom is -0.303 e. The van der Waals surface area contributed by atoms with Crippen LogP contribution in [0.25, 0.3) is 0 Å². The number of hydrogen-bond acceptors (Lipinski definition) is 2. The molecule has 0 bridgehead atoms. The maximum atomic E-state index is 11.2. The number of ketones is 1. The molecular weight excluding hydrogens is 246 g/mol. The van der Waals surface area contributed by atoms with Gasteiger partial charge >= 0.3 is 0 Å². The van der Waals surface area contributed by atoms with Gasteiger partial charge in [-0.3, -0.25) is 4.79 Å². The van der Waals surface area contributed by atoms with Gasteiger partial charge in [-0.2, -0.15) is 0 Å². The van der Waals surface area contributed by atoms with E-state index in [1.165, 1.54) is 38.6 Å². The van der Waals surface area contributed by atoms with Crippen molar-refractivity contribution in [2.24, 2.45) is 5.92 Å². The fraction of sp³-hybridized carbons (Fsp3) is 0.944. The first kappa shape index (κ1) is 21.9. The topological polar surface area (TPSA) is 20.3 Å². The number of Topliss-reactive ketones (excluding diaryl/α,β-unsaturated/α-hetero) is 1. The lowest BCUT2D eigenvalue weighted by atomic mass is 9.93. The maximum Gasteiger partial charge on any atom is 0.133 e. The summed E-state index contributed by atoms with van der Waals surface area (Å²) >= 11 is 0. The van der Waals surface area contributed by atoms with Gasteiger partial charge in [-0.1, -0.05) is 60.3 Å². The highest BCUT2D eigenvalue weighted by Gasteiger charge is 2.21. The normalized spacial score (nSPS) is 15.7. The molecule has 2 heteroatoms. The number of nitrogens with zero attached hydrogens (tertiary/aromatic N) is 1. The summed E-state index contributed by atoms with van der Waals surface area (Å²) in [5.74, 6) is 0.749.